The molecular formula is C30H34ClIN2O2. The minimum absolute atomic E-state index is 0.0201. The fourth-order valence-corrected chi connectivity index (χ4v) is 5.48. The fourth-order valence-electron chi connectivity index (χ4n) is 4.74. The number of carbonyl (C=O) groups excluding carboxylic acids is 2. The van der Waals surface area contributed by atoms with Gasteiger partial charge in [0.05, 0.1) is 5.56 Å². The van der Waals surface area contributed by atoms with E-state index in [9.17, 15) is 9.59 Å². The topological polar surface area (TPSA) is 49.4 Å². The smallest absolute Gasteiger partial charge is 0.256 e. The van der Waals surface area contributed by atoms with Crippen LogP contribution in [-0.4, -0.2) is 22.3 Å². The first-order chi connectivity index (χ1) is 16.9. The van der Waals surface area contributed by atoms with Gasteiger partial charge in [-0.1, -0.05) is 87.0 Å². The fraction of sp³-hybridized carbons (Fsp3) is 0.333. The van der Waals surface area contributed by atoms with Gasteiger partial charge in [-0.05, 0) is 83.7 Å². The number of benzene rings is 3. The van der Waals surface area contributed by atoms with Crippen molar-refractivity contribution in [2.45, 2.75) is 59.2 Å². The van der Waals surface area contributed by atoms with Crippen molar-refractivity contribution in [2.24, 2.45) is 5.41 Å². The first-order valence-corrected chi connectivity index (χ1v) is 13.5. The van der Waals surface area contributed by atoms with Crippen molar-refractivity contribution in [3.05, 3.63) is 104 Å². The van der Waals surface area contributed by atoms with E-state index in [1.165, 1.54) is 0 Å². The van der Waals surface area contributed by atoms with Gasteiger partial charge in [0.2, 0.25) is 5.91 Å². The zero-order chi connectivity index (χ0) is 26.5. The predicted molar refractivity (Wildman–Crippen MR) is 156 cm³/mol. The molecule has 190 valence electrons. The van der Waals surface area contributed by atoms with E-state index in [1.54, 1.807) is 17.0 Å². The van der Waals surface area contributed by atoms with Crippen LogP contribution in [0.3, 0.4) is 0 Å². The summed E-state index contributed by atoms with van der Waals surface area (Å²) in [5, 5.41) is 3.82. The van der Waals surface area contributed by atoms with Crippen molar-refractivity contribution in [3.8, 4) is 0 Å². The van der Waals surface area contributed by atoms with Gasteiger partial charge >= 0.3 is 0 Å². The van der Waals surface area contributed by atoms with Crippen LogP contribution in [0, 0.1) is 8.99 Å². The van der Waals surface area contributed by atoms with Gasteiger partial charge in [-0.3, -0.25) is 9.59 Å². The van der Waals surface area contributed by atoms with Crippen LogP contribution in [0.1, 0.15) is 68.6 Å². The second kappa shape index (κ2) is 11.8. The average molecular weight is 617 g/mol. The maximum atomic E-state index is 14.1. The highest BCUT2D eigenvalue weighted by molar-refractivity contribution is 14.1. The van der Waals surface area contributed by atoms with Crippen LogP contribution in [0.5, 0.6) is 0 Å². The summed E-state index contributed by atoms with van der Waals surface area (Å²) in [6, 6.07) is 23.5. The Balaban J connectivity index is 2.10. The Kier molecular flexibility index (Phi) is 9.23. The quantitative estimate of drug-likeness (QED) is 0.264. The zero-order valence-electron chi connectivity index (χ0n) is 21.5. The van der Waals surface area contributed by atoms with Gasteiger partial charge in [-0.15, -0.1) is 0 Å². The molecule has 0 aromatic heterocycles. The van der Waals surface area contributed by atoms with E-state index >= 15 is 0 Å². The molecule has 0 heterocycles. The van der Waals surface area contributed by atoms with Crippen molar-refractivity contribution in [1.82, 2.24) is 10.2 Å². The highest BCUT2D eigenvalue weighted by Gasteiger charge is 2.36. The van der Waals surface area contributed by atoms with E-state index in [2.05, 4.69) is 48.7 Å². The second-order valence-corrected chi connectivity index (χ2v) is 12.6. The van der Waals surface area contributed by atoms with E-state index in [-0.39, 0.29) is 23.8 Å². The molecule has 0 spiro atoms. The third-order valence-electron chi connectivity index (χ3n) is 5.74. The van der Waals surface area contributed by atoms with Gasteiger partial charge in [-0.25, -0.2) is 0 Å². The number of hydrogen-bond acceptors (Lipinski definition) is 2. The summed E-state index contributed by atoms with van der Waals surface area (Å²) in [6.07, 6.45) is 0.780. The zero-order valence-corrected chi connectivity index (χ0v) is 24.4. The lowest BCUT2D eigenvalue weighted by Gasteiger charge is -2.37. The van der Waals surface area contributed by atoms with Gasteiger partial charge in [-0.2, -0.15) is 0 Å². The molecule has 3 rings (SSSR count). The minimum atomic E-state index is -0.842. The Bertz CT molecular complexity index is 1190. The molecule has 1 N–H and O–H groups in total. The molecule has 2 amide bonds. The van der Waals surface area contributed by atoms with Crippen molar-refractivity contribution < 1.29 is 9.59 Å². The highest BCUT2D eigenvalue weighted by atomic mass is 127. The Hall–Kier alpha value is -2.38. The standard InChI is InChI=1S/C30H34ClIN2O2/c1-29(2,3)20-30(4,5)33-27(35)26(22-15-17-23(31)18-16-22)34(19-21-11-7-6-8-12-21)28(36)24-13-9-10-14-25(24)32/h6-18,26H,19-20H2,1-5H3,(H,33,35). The molecule has 0 aliphatic heterocycles. The largest absolute Gasteiger partial charge is 0.349 e. The Morgan fingerprint density at radius 3 is 2.06 bits per heavy atom. The monoisotopic (exact) mass is 616 g/mol. The first kappa shape index (κ1) is 28.2. The maximum absolute atomic E-state index is 14.1. The summed E-state index contributed by atoms with van der Waals surface area (Å²) in [6.45, 7) is 10.8. The molecule has 3 aromatic rings. The van der Waals surface area contributed by atoms with Crippen LogP contribution in [0.2, 0.25) is 5.02 Å². The molecule has 3 aromatic carbocycles. The molecule has 0 fully saturated rings. The van der Waals surface area contributed by atoms with Crippen LogP contribution in [-0.2, 0) is 11.3 Å². The number of carbonyl (C=O) groups is 2. The average Bonchev–Trinajstić information content (AvgIpc) is 2.78. The summed E-state index contributed by atoms with van der Waals surface area (Å²) in [5.74, 6) is -0.422. The minimum Gasteiger partial charge on any atom is -0.349 e. The number of hydrogen-bond donors (Lipinski definition) is 1. The van der Waals surface area contributed by atoms with Crippen LogP contribution in [0.4, 0.5) is 0 Å². The third kappa shape index (κ3) is 7.81. The normalized spacial score (nSPS) is 12.6. The van der Waals surface area contributed by atoms with Gasteiger partial charge in [0.15, 0.2) is 0 Å². The van der Waals surface area contributed by atoms with Crippen molar-refractivity contribution in [2.75, 3.05) is 0 Å². The molecule has 0 bridgehead atoms. The third-order valence-corrected chi connectivity index (χ3v) is 6.93. The van der Waals surface area contributed by atoms with E-state index < -0.39 is 11.6 Å². The van der Waals surface area contributed by atoms with Crippen LogP contribution < -0.4 is 5.32 Å². The Morgan fingerprint density at radius 1 is 0.889 bits per heavy atom. The number of nitrogens with one attached hydrogen (secondary N) is 1. The van der Waals surface area contributed by atoms with Gasteiger partial charge in [0, 0.05) is 20.7 Å². The van der Waals surface area contributed by atoms with Crippen molar-refractivity contribution in [1.29, 1.82) is 0 Å². The Labute approximate surface area is 233 Å². The van der Waals surface area contributed by atoms with Gasteiger partial charge in [0.1, 0.15) is 6.04 Å². The van der Waals surface area contributed by atoms with E-state index in [4.69, 9.17) is 11.6 Å². The summed E-state index contributed by atoms with van der Waals surface area (Å²) in [4.78, 5) is 29.8. The lowest BCUT2D eigenvalue weighted by atomic mass is 9.81. The molecule has 1 unspecified atom stereocenters. The number of nitrogens with zero attached hydrogens (tertiary/aromatic N) is 1. The van der Waals surface area contributed by atoms with E-state index in [0.29, 0.717) is 16.1 Å². The van der Waals surface area contributed by atoms with E-state index in [0.717, 1.165) is 15.6 Å². The summed E-state index contributed by atoms with van der Waals surface area (Å²) in [7, 11) is 0. The summed E-state index contributed by atoms with van der Waals surface area (Å²) < 4.78 is 0.835. The molecule has 0 radical (unpaired) electrons. The van der Waals surface area contributed by atoms with Gasteiger partial charge < -0.3 is 10.2 Å². The molecule has 0 saturated heterocycles. The number of rotatable bonds is 8. The first-order valence-electron chi connectivity index (χ1n) is 12.0. The molecular weight excluding hydrogens is 583 g/mol. The summed E-state index contributed by atoms with van der Waals surface area (Å²) in [5.41, 5.74) is 1.76. The molecule has 36 heavy (non-hydrogen) atoms. The van der Waals surface area contributed by atoms with Crippen LogP contribution in [0.15, 0.2) is 78.9 Å². The van der Waals surface area contributed by atoms with Crippen LogP contribution >= 0.6 is 34.2 Å². The van der Waals surface area contributed by atoms with E-state index in [1.807, 2.05) is 80.6 Å². The maximum Gasteiger partial charge on any atom is 0.256 e. The molecule has 0 aliphatic rings. The number of amides is 2. The Morgan fingerprint density at radius 2 is 1.47 bits per heavy atom. The summed E-state index contributed by atoms with van der Waals surface area (Å²) >= 11 is 8.35. The second-order valence-electron chi connectivity index (χ2n) is 11.0. The lowest BCUT2D eigenvalue weighted by molar-refractivity contribution is -0.128. The predicted octanol–water partition coefficient (Wildman–Crippen LogP) is 7.66. The molecule has 4 nitrogen and oxygen atoms in total. The molecule has 0 saturated carbocycles. The van der Waals surface area contributed by atoms with Crippen LogP contribution in [0.25, 0.3) is 0 Å². The molecule has 0 aliphatic carbocycles. The van der Waals surface area contributed by atoms with Gasteiger partial charge in [0.25, 0.3) is 5.91 Å². The molecule has 6 heteroatoms. The van der Waals surface area contributed by atoms with Crippen molar-refractivity contribution >= 4 is 46.0 Å². The lowest BCUT2D eigenvalue weighted by Crippen LogP contribution is -2.51. The highest BCUT2D eigenvalue weighted by Crippen LogP contribution is 2.31. The molecule has 1 atom stereocenters. The number of halogens is 2. The SMILES string of the molecule is CC(C)(C)CC(C)(C)NC(=O)C(c1ccc(Cl)cc1)N(Cc1ccccc1)C(=O)c1ccccc1I. The van der Waals surface area contributed by atoms with Crippen molar-refractivity contribution in [3.63, 3.8) is 0 Å².